The van der Waals surface area contributed by atoms with Gasteiger partial charge >= 0.3 is 0 Å². The predicted molar refractivity (Wildman–Crippen MR) is 87.2 cm³/mol. The Morgan fingerprint density at radius 1 is 1.19 bits per heavy atom. The molecule has 0 saturated heterocycles. The molecule has 2 rings (SSSR count). The Morgan fingerprint density at radius 3 is 2.62 bits per heavy atom. The van der Waals surface area contributed by atoms with Crippen molar-refractivity contribution in [2.75, 3.05) is 20.0 Å². The Bertz CT molecular complexity index is 644. The van der Waals surface area contributed by atoms with Crippen LogP contribution in [0.5, 0.6) is 11.5 Å². The minimum absolute atomic E-state index is 0.736. The second-order valence-corrected chi connectivity index (χ2v) is 5.76. The molecule has 0 atom stereocenters. The van der Waals surface area contributed by atoms with Crippen LogP contribution in [-0.4, -0.2) is 19.2 Å². The summed E-state index contributed by atoms with van der Waals surface area (Å²) in [7, 11) is 3.34. The average Bonchev–Trinajstić information content (AvgIpc) is 2.48. The molecule has 4 nitrogen and oxygen atoms in total. The minimum Gasteiger partial charge on any atom is -0.497 e. The summed E-state index contributed by atoms with van der Waals surface area (Å²) < 4.78 is 10.7. The summed E-state index contributed by atoms with van der Waals surface area (Å²) in [4.78, 5) is 5.50. The molecule has 0 aliphatic rings. The van der Waals surface area contributed by atoms with Crippen LogP contribution in [0, 0.1) is 13.8 Å². The van der Waals surface area contributed by atoms with E-state index >= 15 is 0 Å². The van der Waals surface area contributed by atoms with Gasteiger partial charge in [0.15, 0.2) is 0 Å². The molecule has 0 spiro atoms. The molecule has 0 bridgehead atoms. The fraction of sp³-hybridized carbons (Fsp3) is 0.312. The van der Waals surface area contributed by atoms with Gasteiger partial charge in [0.25, 0.3) is 0 Å². The van der Waals surface area contributed by atoms with E-state index < -0.39 is 0 Å². The smallest absolute Gasteiger partial charge is 0.128 e. The van der Waals surface area contributed by atoms with Gasteiger partial charge in [-0.25, -0.2) is 0 Å². The SMILES string of the molecule is COc1ccc(N)c(SCc2ncc(C)c(OC)c2C)c1. The first-order valence-electron chi connectivity index (χ1n) is 6.62. The van der Waals surface area contributed by atoms with Crippen molar-refractivity contribution in [3.05, 3.63) is 41.2 Å². The Kier molecular flexibility index (Phi) is 4.96. The van der Waals surface area contributed by atoms with Crippen LogP contribution in [0.2, 0.25) is 0 Å². The average molecular weight is 304 g/mol. The third-order valence-corrected chi connectivity index (χ3v) is 4.42. The van der Waals surface area contributed by atoms with Crippen LogP contribution in [0.3, 0.4) is 0 Å². The highest BCUT2D eigenvalue weighted by atomic mass is 32.2. The largest absolute Gasteiger partial charge is 0.497 e. The number of ether oxygens (including phenoxy) is 2. The Morgan fingerprint density at radius 2 is 1.95 bits per heavy atom. The quantitative estimate of drug-likeness (QED) is 0.676. The van der Waals surface area contributed by atoms with Gasteiger partial charge in [-0.2, -0.15) is 0 Å². The molecule has 1 aromatic heterocycles. The van der Waals surface area contributed by atoms with Crippen LogP contribution in [0.4, 0.5) is 5.69 Å². The fourth-order valence-electron chi connectivity index (χ4n) is 2.13. The fourth-order valence-corrected chi connectivity index (χ4v) is 3.15. The molecule has 112 valence electrons. The van der Waals surface area contributed by atoms with E-state index in [0.717, 1.165) is 44.7 Å². The normalized spacial score (nSPS) is 10.5. The second-order valence-electron chi connectivity index (χ2n) is 4.74. The van der Waals surface area contributed by atoms with Crippen LogP contribution in [0.15, 0.2) is 29.3 Å². The number of thioether (sulfide) groups is 1. The summed E-state index contributed by atoms with van der Waals surface area (Å²) in [5.74, 6) is 2.44. The molecule has 0 amide bonds. The van der Waals surface area contributed by atoms with E-state index in [4.69, 9.17) is 15.2 Å². The third kappa shape index (κ3) is 3.42. The maximum Gasteiger partial charge on any atom is 0.128 e. The summed E-state index contributed by atoms with van der Waals surface area (Å²) in [6.07, 6.45) is 1.84. The zero-order chi connectivity index (χ0) is 15.4. The highest BCUT2D eigenvalue weighted by Crippen LogP contribution is 2.33. The first-order valence-corrected chi connectivity index (χ1v) is 7.60. The number of nitrogen functional groups attached to an aromatic ring is 1. The molecule has 5 heteroatoms. The number of hydrogen-bond acceptors (Lipinski definition) is 5. The van der Waals surface area contributed by atoms with Crippen LogP contribution in [-0.2, 0) is 5.75 Å². The number of pyridine rings is 1. The summed E-state index contributed by atoms with van der Waals surface area (Å²) in [6.45, 7) is 4.03. The molecule has 0 aliphatic carbocycles. The van der Waals surface area contributed by atoms with Crippen molar-refractivity contribution in [3.63, 3.8) is 0 Å². The molecule has 2 N–H and O–H groups in total. The number of aromatic nitrogens is 1. The lowest BCUT2D eigenvalue weighted by molar-refractivity contribution is 0.407. The highest BCUT2D eigenvalue weighted by Gasteiger charge is 2.11. The van der Waals surface area contributed by atoms with E-state index in [1.165, 1.54) is 0 Å². The van der Waals surface area contributed by atoms with Crippen molar-refractivity contribution in [3.8, 4) is 11.5 Å². The molecule has 21 heavy (non-hydrogen) atoms. The summed E-state index contributed by atoms with van der Waals surface area (Å²) in [6, 6.07) is 5.66. The number of rotatable bonds is 5. The summed E-state index contributed by atoms with van der Waals surface area (Å²) in [5.41, 5.74) is 9.88. The van der Waals surface area contributed by atoms with Crippen LogP contribution in [0.1, 0.15) is 16.8 Å². The molecule has 0 fully saturated rings. The summed E-state index contributed by atoms with van der Waals surface area (Å²) >= 11 is 1.65. The zero-order valence-electron chi connectivity index (χ0n) is 12.8. The standard InChI is InChI=1S/C16H20N2O2S/c1-10-8-18-14(11(2)16(10)20-4)9-21-15-7-12(19-3)5-6-13(15)17/h5-8H,9,17H2,1-4H3. The minimum atomic E-state index is 0.736. The zero-order valence-corrected chi connectivity index (χ0v) is 13.6. The van der Waals surface area contributed by atoms with Gasteiger partial charge in [0.1, 0.15) is 11.5 Å². The van der Waals surface area contributed by atoms with Gasteiger partial charge in [-0.15, -0.1) is 11.8 Å². The molecule has 0 unspecified atom stereocenters. The van der Waals surface area contributed by atoms with Crippen LogP contribution < -0.4 is 15.2 Å². The van der Waals surface area contributed by atoms with Crippen molar-refractivity contribution in [2.45, 2.75) is 24.5 Å². The van der Waals surface area contributed by atoms with Crippen molar-refractivity contribution in [1.29, 1.82) is 0 Å². The maximum atomic E-state index is 6.01. The Balaban J connectivity index is 2.21. The molecule has 0 radical (unpaired) electrons. The van der Waals surface area contributed by atoms with Gasteiger partial charge in [0.05, 0.1) is 19.9 Å². The monoisotopic (exact) mass is 304 g/mol. The van der Waals surface area contributed by atoms with Crippen molar-refractivity contribution >= 4 is 17.4 Å². The predicted octanol–water partition coefficient (Wildman–Crippen LogP) is 3.59. The maximum absolute atomic E-state index is 6.01. The van der Waals surface area contributed by atoms with Crippen molar-refractivity contribution in [1.82, 2.24) is 4.98 Å². The lowest BCUT2D eigenvalue weighted by atomic mass is 10.1. The lowest BCUT2D eigenvalue weighted by Gasteiger charge is -2.13. The molecule has 0 aliphatic heterocycles. The third-order valence-electron chi connectivity index (χ3n) is 3.33. The van der Waals surface area contributed by atoms with Gasteiger partial charge in [0.2, 0.25) is 0 Å². The van der Waals surface area contributed by atoms with E-state index in [-0.39, 0.29) is 0 Å². The van der Waals surface area contributed by atoms with Gasteiger partial charge in [-0.1, -0.05) is 0 Å². The van der Waals surface area contributed by atoms with Gasteiger partial charge in [0, 0.05) is 33.7 Å². The first-order chi connectivity index (χ1) is 10.1. The van der Waals surface area contributed by atoms with Crippen molar-refractivity contribution < 1.29 is 9.47 Å². The van der Waals surface area contributed by atoms with Crippen LogP contribution >= 0.6 is 11.8 Å². The number of methoxy groups -OCH3 is 2. The van der Waals surface area contributed by atoms with E-state index in [1.807, 2.05) is 38.2 Å². The van der Waals surface area contributed by atoms with Crippen LogP contribution in [0.25, 0.3) is 0 Å². The van der Waals surface area contributed by atoms with Crippen molar-refractivity contribution in [2.24, 2.45) is 0 Å². The highest BCUT2D eigenvalue weighted by molar-refractivity contribution is 7.98. The Labute approximate surface area is 129 Å². The first kappa shape index (κ1) is 15.5. The lowest BCUT2D eigenvalue weighted by Crippen LogP contribution is -1.99. The van der Waals surface area contributed by atoms with E-state index in [0.29, 0.717) is 0 Å². The van der Waals surface area contributed by atoms with E-state index in [1.54, 1.807) is 26.0 Å². The molecular weight excluding hydrogens is 284 g/mol. The number of hydrogen-bond donors (Lipinski definition) is 1. The topological polar surface area (TPSA) is 57.4 Å². The Hall–Kier alpha value is -1.88. The van der Waals surface area contributed by atoms with E-state index in [9.17, 15) is 0 Å². The molecule has 1 aromatic carbocycles. The van der Waals surface area contributed by atoms with Gasteiger partial charge < -0.3 is 15.2 Å². The number of nitrogens with zero attached hydrogens (tertiary/aromatic N) is 1. The molecule has 1 heterocycles. The molecule has 0 saturated carbocycles. The van der Waals surface area contributed by atoms with Gasteiger partial charge in [-0.05, 0) is 32.0 Å². The number of nitrogens with two attached hydrogens (primary N) is 1. The number of benzene rings is 1. The number of anilines is 1. The molecule has 2 aromatic rings. The summed E-state index contributed by atoms with van der Waals surface area (Å²) in [5, 5.41) is 0. The number of aryl methyl sites for hydroxylation is 1. The molecular formula is C16H20N2O2S. The second kappa shape index (κ2) is 6.72. The van der Waals surface area contributed by atoms with Gasteiger partial charge in [-0.3, -0.25) is 4.98 Å². The van der Waals surface area contributed by atoms with E-state index in [2.05, 4.69) is 4.98 Å².